The highest BCUT2D eigenvalue weighted by atomic mass is 16.5. The van der Waals surface area contributed by atoms with E-state index in [-0.39, 0.29) is 12.4 Å². The first-order valence-corrected chi connectivity index (χ1v) is 4.48. The zero-order valence-electron chi connectivity index (χ0n) is 8.36. The Morgan fingerprint density at radius 3 is 2.71 bits per heavy atom. The first-order chi connectivity index (χ1) is 6.65. The number of carbonyl (C=O) groups excluding carboxylic acids is 1. The third kappa shape index (κ3) is 2.57. The summed E-state index contributed by atoms with van der Waals surface area (Å²) in [5, 5.41) is 9.44. The molecular formula is C11H14O3. The van der Waals surface area contributed by atoms with Gasteiger partial charge in [-0.2, -0.15) is 0 Å². The predicted molar refractivity (Wildman–Crippen MR) is 52.8 cm³/mol. The van der Waals surface area contributed by atoms with Gasteiger partial charge in [0.25, 0.3) is 0 Å². The van der Waals surface area contributed by atoms with Crippen LogP contribution in [-0.4, -0.2) is 18.2 Å². The maximum Gasteiger partial charge on any atom is 0.309 e. The summed E-state index contributed by atoms with van der Waals surface area (Å²) in [6.07, 6.45) is -0.353. The van der Waals surface area contributed by atoms with E-state index in [1.165, 1.54) is 7.11 Å². The Morgan fingerprint density at radius 1 is 1.50 bits per heavy atom. The maximum atomic E-state index is 11.1. The first kappa shape index (κ1) is 10.7. The number of hydrogen-bond donors (Lipinski definition) is 1. The zero-order chi connectivity index (χ0) is 10.6. The second kappa shape index (κ2) is 4.77. The molecule has 1 aromatic rings. The van der Waals surface area contributed by atoms with Gasteiger partial charge in [0.05, 0.1) is 19.6 Å². The second-order valence-corrected chi connectivity index (χ2v) is 3.13. The van der Waals surface area contributed by atoms with Crippen molar-refractivity contribution in [3.05, 3.63) is 35.4 Å². The van der Waals surface area contributed by atoms with Crippen LogP contribution in [0.1, 0.15) is 24.2 Å². The molecule has 1 atom stereocenters. The molecule has 0 saturated carbocycles. The summed E-state index contributed by atoms with van der Waals surface area (Å²) in [5.74, 6) is -0.293. The molecular weight excluding hydrogens is 180 g/mol. The van der Waals surface area contributed by atoms with Crippen LogP contribution < -0.4 is 0 Å². The molecule has 0 aliphatic rings. The smallest absolute Gasteiger partial charge is 0.309 e. The molecule has 0 heterocycles. The molecule has 1 aromatic carbocycles. The summed E-state index contributed by atoms with van der Waals surface area (Å²) in [7, 11) is 1.35. The first-order valence-electron chi connectivity index (χ1n) is 4.48. The fraction of sp³-hybridized carbons (Fsp3) is 0.364. The largest absolute Gasteiger partial charge is 0.469 e. The van der Waals surface area contributed by atoms with E-state index in [0.29, 0.717) is 0 Å². The minimum atomic E-state index is -0.559. The lowest BCUT2D eigenvalue weighted by Gasteiger charge is -2.10. The van der Waals surface area contributed by atoms with Crippen molar-refractivity contribution in [3.8, 4) is 0 Å². The second-order valence-electron chi connectivity index (χ2n) is 3.13. The van der Waals surface area contributed by atoms with Crippen molar-refractivity contribution in [1.29, 1.82) is 0 Å². The Hall–Kier alpha value is -1.35. The highest BCUT2D eigenvalue weighted by Crippen LogP contribution is 2.17. The topological polar surface area (TPSA) is 46.5 Å². The molecule has 0 amide bonds. The minimum absolute atomic E-state index is 0.206. The van der Waals surface area contributed by atoms with Gasteiger partial charge in [-0.25, -0.2) is 0 Å². The number of carbonyl (C=O) groups is 1. The van der Waals surface area contributed by atoms with Gasteiger partial charge in [-0.05, 0) is 18.1 Å². The summed E-state index contributed by atoms with van der Waals surface area (Å²) in [6.45, 7) is 1.68. The lowest BCUT2D eigenvalue weighted by atomic mass is 10.0. The van der Waals surface area contributed by atoms with Crippen LogP contribution in [-0.2, 0) is 16.0 Å². The van der Waals surface area contributed by atoms with Gasteiger partial charge in [-0.1, -0.05) is 24.3 Å². The number of hydrogen-bond acceptors (Lipinski definition) is 3. The summed E-state index contributed by atoms with van der Waals surface area (Å²) in [6, 6.07) is 7.30. The SMILES string of the molecule is COC(=O)Cc1ccccc1C(C)O. The molecule has 0 bridgehead atoms. The van der Waals surface area contributed by atoms with Gasteiger partial charge in [0, 0.05) is 0 Å². The fourth-order valence-corrected chi connectivity index (χ4v) is 1.33. The number of benzene rings is 1. The van der Waals surface area contributed by atoms with Crippen molar-refractivity contribution in [1.82, 2.24) is 0 Å². The van der Waals surface area contributed by atoms with E-state index in [1.807, 2.05) is 24.3 Å². The van der Waals surface area contributed by atoms with Crippen molar-refractivity contribution in [2.45, 2.75) is 19.4 Å². The van der Waals surface area contributed by atoms with Gasteiger partial charge in [0.1, 0.15) is 0 Å². The van der Waals surface area contributed by atoms with E-state index in [0.717, 1.165) is 11.1 Å². The van der Waals surface area contributed by atoms with Crippen molar-refractivity contribution < 1.29 is 14.6 Å². The molecule has 0 aliphatic heterocycles. The van der Waals surface area contributed by atoms with Gasteiger partial charge in [-0.3, -0.25) is 4.79 Å². The van der Waals surface area contributed by atoms with Crippen LogP contribution in [0.2, 0.25) is 0 Å². The van der Waals surface area contributed by atoms with Gasteiger partial charge >= 0.3 is 5.97 Å². The van der Waals surface area contributed by atoms with E-state index in [1.54, 1.807) is 6.92 Å². The quantitative estimate of drug-likeness (QED) is 0.741. The van der Waals surface area contributed by atoms with Crippen LogP contribution in [0.25, 0.3) is 0 Å². The molecule has 14 heavy (non-hydrogen) atoms. The number of methoxy groups -OCH3 is 1. The highest BCUT2D eigenvalue weighted by molar-refractivity contribution is 5.72. The number of esters is 1. The van der Waals surface area contributed by atoms with Crippen molar-refractivity contribution in [2.24, 2.45) is 0 Å². The Kier molecular flexibility index (Phi) is 3.65. The Morgan fingerprint density at radius 2 is 2.14 bits per heavy atom. The van der Waals surface area contributed by atoms with E-state index >= 15 is 0 Å². The molecule has 1 unspecified atom stereocenters. The van der Waals surface area contributed by atoms with Gasteiger partial charge in [0.15, 0.2) is 0 Å². The standard InChI is InChI=1S/C11H14O3/c1-8(12)10-6-4-3-5-9(10)7-11(13)14-2/h3-6,8,12H,7H2,1-2H3. The molecule has 0 aromatic heterocycles. The van der Waals surface area contributed by atoms with Crippen LogP contribution in [0.4, 0.5) is 0 Å². The Labute approximate surface area is 83.3 Å². The van der Waals surface area contributed by atoms with Crippen molar-refractivity contribution >= 4 is 5.97 Å². The molecule has 3 heteroatoms. The number of ether oxygens (including phenoxy) is 1. The van der Waals surface area contributed by atoms with E-state index in [9.17, 15) is 9.90 Å². The van der Waals surface area contributed by atoms with E-state index < -0.39 is 6.10 Å². The van der Waals surface area contributed by atoms with Crippen LogP contribution in [0.15, 0.2) is 24.3 Å². The molecule has 0 radical (unpaired) electrons. The van der Waals surface area contributed by atoms with Crippen molar-refractivity contribution in [3.63, 3.8) is 0 Å². The minimum Gasteiger partial charge on any atom is -0.469 e. The summed E-state index contributed by atoms with van der Waals surface area (Å²) >= 11 is 0. The molecule has 3 nitrogen and oxygen atoms in total. The van der Waals surface area contributed by atoms with E-state index in [4.69, 9.17) is 0 Å². The average Bonchev–Trinajstić information content (AvgIpc) is 2.18. The molecule has 76 valence electrons. The van der Waals surface area contributed by atoms with Gasteiger partial charge in [-0.15, -0.1) is 0 Å². The molecule has 0 fully saturated rings. The zero-order valence-corrected chi connectivity index (χ0v) is 8.36. The number of aliphatic hydroxyl groups excluding tert-OH is 1. The van der Waals surface area contributed by atoms with Gasteiger partial charge < -0.3 is 9.84 Å². The molecule has 1 N–H and O–H groups in total. The van der Waals surface area contributed by atoms with Crippen LogP contribution >= 0.6 is 0 Å². The summed E-state index contributed by atoms with van der Waals surface area (Å²) in [5.41, 5.74) is 1.59. The number of aliphatic hydroxyl groups is 1. The Balaban J connectivity index is 2.90. The van der Waals surface area contributed by atoms with Gasteiger partial charge in [0.2, 0.25) is 0 Å². The fourth-order valence-electron chi connectivity index (χ4n) is 1.33. The maximum absolute atomic E-state index is 11.1. The molecule has 1 rings (SSSR count). The van der Waals surface area contributed by atoms with Crippen LogP contribution in [0.5, 0.6) is 0 Å². The van der Waals surface area contributed by atoms with Crippen LogP contribution in [0, 0.1) is 0 Å². The number of rotatable bonds is 3. The normalized spacial score (nSPS) is 12.2. The molecule has 0 spiro atoms. The predicted octanol–water partition coefficient (Wildman–Crippen LogP) is 1.46. The lowest BCUT2D eigenvalue weighted by Crippen LogP contribution is -2.07. The summed E-state index contributed by atoms with van der Waals surface area (Å²) < 4.78 is 4.57. The summed E-state index contributed by atoms with van der Waals surface area (Å²) in [4.78, 5) is 11.1. The van der Waals surface area contributed by atoms with E-state index in [2.05, 4.69) is 4.74 Å². The average molecular weight is 194 g/mol. The molecule has 0 aliphatic carbocycles. The monoisotopic (exact) mass is 194 g/mol. The lowest BCUT2D eigenvalue weighted by molar-refractivity contribution is -0.139. The highest BCUT2D eigenvalue weighted by Gasteiger charge is 2.10. The van der Waals surface area contributed by atoms with Crippen molar-refractivity contribution in [2.75, 3.05) is 7.11 Å². The third-order valence-electron chi connectivity index (χ3n) is 2.07. The molecule has 0 saturated heterocycles. The third-order valence-corrected chi connectivity index (χ3v) is 2.07. The van der Waals surface area contributed by atoms with Crippen LogP contribution in [0.3, 0.4) is 0 Å². The Bertz CT molecular complexity index is 318.